The molecule has 1 atom stereocenters. The fourth-order valence-electron chi connectivity index (χ4n) is 2.45. The van der Waals surface area contributed by atoms with E-state index in [1.807, 2.05) is 0 Å². The van der Waals surface area contributed by atoms with Crippen molar-refractivity contribution < 1.29 is 9.59 Å². The lowest BCUT2D eigenvalue weighted by Gasteiger charge is -2.23. The van der Waals surface area contributed by atoms with Crippen molar-refractivity contribution in [2.75, 3.05) is 20.1 Å². The van der Waals surface area contributed by atoms with Crippen molar-refractivity contribution in [1.29, 1.82) is 0 Å². The Morgan fingerprint density at radius 1 is 1.04 bits per heavy atom. The van der Waals surface area contributed by atoms with Crippen LogP contribution in [0.25, 0.3) is 0 Å². The third-order valence-corrected chi connectivity index (χ3v) is 3.75. The van der Waals surface area contributed by atoms with Crippen molar-refractivity contribution in [3.05, 3.63) is 35.4 Å². The van der Waals surface area contributed by atoms with Crippen LogP contribution < -0.4 is 16.0 Å². The molecular weight excluding hydrogens is 290 g/mol. The van der Waals surface area contributed by atoms with Crippen molar-refractivity contribution in [1.82, 2.24) is 16.0 Å². The van der Waals surface area contributed by atoms with Crippen molar-refractivity contribution in [3.63, 3.8) is 0 Å². The van der Waals surface area contributed by atoms with Crippen molar-refractivity contribution in [2.45, 2.75) is 39.7 Å². The molecule has 5 nitrogen and oxygen atoms in total. The maximum Gasteiger partial charge on any atom is 0.239 e. The van der Waals surface area contributed by atoms with Gasteiger partial charge in [-0.2, -0.15) is 0 Å². The lowest BCUT2D eigenvalue weighted by Crippen LogP contribution is -2.41. The number of aryl methyl sites for hydroxylation is 1. The first-order valence-corrected chi connectivity index (χ1v) is 8.27. The van der Waals surface area contributed by atoms with E-state index in [-0.39, 0.29) is 30.9 Å². The Morgan fingerprint density at radius 2 is 1.70 bits per heavy atom. The molecule has 0 aliphatic rings. The van der Waals surface area contributed by atoms with E-state index in [0.29, 0.717) is 5.92 Å². The molecule has 0 bridgehead atoms. The number of hydrogen-bond donors (Lipinski definition) is 3. The lowest BCUT2D eigenvalue weighted by atomic mass is 9.94. The van der Waals surface area contributed by atoms with Gasteiger partial charge in [-0.1, -0.05) is 51.5 Å². The maximum atomic E-state index is 11.8. The molecular formula is C18H29N3O2. The molecule has 1 aromatic rings. The van der Waals surface area contributed by atoms with Gasteiger partial charge in [-0.15, -0.1) is 0 Å². The second kappa shape index (κ2) is 10.0. The summed E-state index contributed by atoms with van der Waals surface area (Å²) in [5.74, 6) is -0.0223. The summed E-state index contributed by atoms with van der Waals surface area (Å²) in [4.78, 5) is 22.9. The van der Waals surface area contributed by atoms with Crippen LogP contribution in [0.4, 0.5) is 0 Å². The number of benzene rings is 1. The quantitative estimate of drug-likeness (QED) is 0.650. The van der Waals surface area contributed by atoms with Crippen LogP contribution in [0.1, 0.15) is 44.4 Å². The van der Waals surface area contributed by atoms with Gasteiger partial charge in [0.2, 0.25) is 11.8 Å². The van der Waals surface area contributed by atoms with Crippen LogP contribution in [0, 0.1) is 5.92 Å². The van der Waals surface area contributed by atoms with Gasteiger partial charge in [0.1, 0.15) is 0 Å². The van der Waals surface area contributed by atoms with E-state index in [4.69, 9.17) is 0 Å². The zero-order valence-electron chi connectivity index (χ0n) is 14.6. The van der Waals surface area contributed by atoms with E-state index in [2.05, 4.69) is 61.0 Å². The largest absolute Gasteiger partial charge is 0.358 e. The van der Waals surface area contributed by atoms with Crippen LogP contribution in [0.5, 0.6) is 0 Å². The fourth-order valence-corrected chi connectivity index (χ4v) is 2.45. The molecule has 3 N–H and O–H groups in total. The number of carbonyl (C=O) groups excluding carboxylic acids is 2. The van der Waals surface area contributed by atoms with E-state index < -0.39 is 0 Å². The molecule has 128 valence electrons. The molecule has 2 amide bonds. The highest BCUT2D eigenvalue weighted by atomic mass is 16.2. The third-order valence-electron chi connectivity index (χ3n) is 3.75. The Bertz CT molecular complexity index is 497. The molecule has 0 aliphatic carbocycles. The first-order valence-electron chi connectivity index (χ1n) is 8.27. The number of nitrogens with one attached hydrogen (secondary N) is 3. The van der Waals surface area contributed by atoms with Gasteiger partial charge in [0.15, 0.2) is 0 Å². The molecule has 5 heteroatoms. The molecule has 0 fully saturated rings. The number of carbonyl (C=O) groups is 2. The van der Waals surface area contributed by atoms with Crippen molar-refractivity contribution >= 4 is 11.8 Å². The van der Waals surface area contributed by atoms with Crippen molar-refractivity contribution in [2.24, 2.45) is 5.92 Å². The first kappa shape index (κ1) is 19.2. The summed E-state index contributed by atoms with van der Waals surface area (Å²) >= 11 is 0. The van der Waals surface area contributed by atoms with Gasteiger partial charge in [0, 0.05) is 13.1 Å². The molecule has 23 heavy (non-hydrogen) atoms. The van der Waals surface area contributed by atoms with E-state index in [9.17, 15) is 9.59 Å². The van der Waals surface area contributed by atoms with Crippen LogP contribution >= 0.6 is 0 Å². The predicted molar refractivity (Wildman–Crippen MR) is 93.1 cm³/mol. The molecule has 0 heterocycles. The molecule has 0 aliphatic heterocycles. The van der Waals surface area contributed by atoms with E-state index in [0.717, 1.165) is 12.8 Å². The van der Waals surface area contributed by atoms with Gasteiger partial charge in [-0.05, 0) is 23.5 Å². The van der Waals surface area contributed by atoms with E-state index in [1.54, 1.807) is 7.05 Å². The summed E-state index contributed by atoms with van der Waals surface area (Å²) in [5.41, 5.74) is 2.51. The SMILES string of the molecule is CCCc1ccc([C@@H](NCC(=O)NCC(=O)NC)C(C)C)cc1. The zero-order chi connectivity index (χ0) is 17.2. The average Bonchev–Trinajstić information content (AvgIpc) is 2.54. The lowest BCUT2D eigenvalue weighted by molar-refractivity contribution is -0.125. The minimum Gasteiger partial charge on any atom is -0.358 e. The Morgan fingerprint density at radius 3 is 2.22 bits per heavy atom. The Kier molecular flexibility index (Phi) is 8.33. The summed E-state index contributed by atoms with van der Waals surface area (Å²) in [6, 6.07) is 8.68. The highest BCUT2D eigenvalue weighted by Gasteiger charge is 2.16. The minimum absolute atomic E-state index is 0.00900. The highest BCUT2D eigenvalue weighted by molar-refractivity contribution is 5.85. The van der Waals surface area contributed by atoms with Gasteiger partial charge >= 0.3 is 0 Å². The van der Waals surface area contributed by atoms with Crippen LogP contribution in [-0.4, -0.2) is 32.0 Å². The predicted octanol–water partition coefficient (Wildman–Crippen LogP) is 1.79. The number of hydrogen-bond acceptors (Lipinski definition) is 3. The minimum atomic E-state index is -0.203. The van der Waals surface area contributed by atoms with Crippen LogP contribution in [0.3, 0.4) is 0 Å². The third kappa shape index (κ3) is 6.82. The van der Waals surface area contributed by atoms with Crippen LogP contribution in [-0.2, 0) is 16.0 Å². The molecule has 1 aromatic carbocycles. The van der Waals surface area contributed by atoms with E-state index in [1.165, 1.54) is 11.1 Å². The fraction of sp³-hybridized carbons (Fsp3) is 0.556. The average molecular weight is 319 g/mol. The van der Waals surface area contributed by atoms with Crippen LogP contribution in [0.2, 0.25) is 0 Å². The molecule has 0 spiro atoms. The van der Waals surface area contributed by atoms with Gasteiger partial charge in [0.05, 0.1) is 13.1 Å². The van der Waals surface area contributed by atoms with Crippen molar-refractivity contribution in [3.8, 4) is 0 Å². The smallest absolute Gasteiger partial charge is 0.239 e. The summed E-state index contributed by atoms with van der Waals surface area (Å²) in [7, 11) is 1.55. The summed E-state index contributed by atoms with van der Waals surface area (Å²) in [5, 5.41) is 8.35. The summed E-state index contributed by atoms with van der Waals surface area (Å²) in [6.45, 7) is 6.62. The molecule has 0 saturated heterocycles. The maximum absolute atomic E-state index is 11.8. The normalized spacial score (nSPS) is 12.0. The number of amides is 2. The summed E-state index contributed by atoms with van der Waals surface area (Å²) < 4.78 is 0. The van der Waals surface area contributed by atoms with Gasteiger partial charge in [-0.3, -0.25) is 9.59 Å². The summed E-state index contributed by atoms with van der Waals surface area (Å²) in [6.07, 6.45) is 2.22. The van der Waals surface area contributed by atoms with E-state index >= 15 is 0 Å². The Balaban J connectivity index is 2.58. The Hall–Kier alpha value is -1.88. The monoisotopic (exact) mass is 319 g/mol. The van der Waals surface area contributed by atoms with Gasteiger partial charge < -0.3 is 16.0 Å². The standard InChI is InChI=1S/C18H29N3O2/c1-5-6-14-7-9-15(10-8-14)18(13(2)3)21-12-17(23)20-11-16(22)19-4/h7-10,13,18,21H,5-6,11-12H2,1-4H3,(H,19,22)(H,20,23)/t18-/m0/s1. The molecule has 0 aromatic heterocycles. The van der Waals surface area contributed by atoms with Gasteiger partial charge in [0.25, 0.3) is 0 Å². The second-order valence-corrected chi connectivity index (χ2v) is 6.04. The number of rotatable bonds is 9. The molecule has 1 rings (SSSR count). The topological polar surface area (TPSA) is 70.2 Å². The molecule has 0 saturated carbocycles. The number of likely N-dealkylation sites (N-methyl/N-ethyl adjacent to an activating group) is 1. The molecule has 0 unspecified atom stereocenters. The Labute approximate surface area is 139 Å². The van der Waals surface area contributed by atoms with Crippen LogP contribution in [0.15, 0.2) is 24.3 Å². The highest BCUT2D eigenvalue weighted by Crippen LogP contribution is 2.22. The molecule has 0 radical (unpaired) electrons. The first-order chi connectivity index (χ1) is 11.0. The second-order valence-electron chi connectivity index (χ2n) is 6.04. The zero-order valence-corrected chi connectivity index (χ0v) is 14.6. The van der Waals surface area contributed by atoms with Gasteiger partial charge in [-0.25, -0.2) is 0 Å².